The Balaban J connectivity index is 1.57. The van der Waals surface area contributed by atoms with Crippen molar-refractivity contribution in [1.82, 2.24) is 10.2 Å². The number of ether oxygens (including phenoxy) is 2. The van der Waals surface area contributed by atoms with Crippen LogP contribution in [0.5, 0.6) is 5.75 Å². The summed E-state index contributed by atoms with van der Waals surface area (Å²) in [6.07, 6.45) is -0.0749. The molecule has 2 atom stereocenters. The number of rotatable bonds is 5. The number of nitrogens with zero attached hydrogens (tertiary/aromatic N) is 1. The Morgan fingerprint density at radius 2 is 1.81 bits per heavy atom. The summed E-state index contributed by atoms with van der Waals surface area (Å²) in [6.45, 7) is 3.40. The number of nitrogens with one attached hydrogen (secondary N) is 1. The Hall–Kier alpha value is -2.70. The van der Waals surface area contributed by atoms with E-state index in [0.29, 0.717) is 24.4 Å². The minimum absolute atomic E-state index is 0.00838. The van der Waals surface area contributed by atoms with Gasteiger partial charge in [0.05, 0.1) is 25.9 Å². The molecule has 2 aromatic carbocycles. The van der Waals surface area contributed by atoms with Crippen molar-refractivity contribution in [2.24, 2.45) is 0 Å². The molecule has 1 fully saturated rings. The number of methoxy groups -OCH3 is 1. The molecule has 6 heteroatoms. The lowest BCUT2D eigenvalue weighted by molar-refractivity contribution is -0.125. The number of hydrogen-bond donors (Lipinski definition) is 1. The largest absolute Gasteiger partial charge is 0.497 e. The van der Waals surface area contributed by atoms with Gasteiger partial charge in [0.15, 0.2) is 0 Å². The number of benzene rings is 2. The second-order valence-corrected chi connectivity index (χ2v) is 6.65. The van der Waals surface area contributed by atoms with E-state index in [1.54, 1.807) is 31.4 Å². The third-order valence-electron chi connectivity index (χ3n) is 4.48. The Morgan fingerprint density at radius 3 is 2.48 bits per heavy atom. The van der Waals surface area contributed by atoms with E-state index in [0.717, 1.165) is 5.56 Å². The van der Waals surface area contributed by atoms with Gasteiger partial charge in [-0.05, 0) is 36.8 Å². The highest BCUT2D eigenvalue weighted by atomic mass is 16.5. The summed E-state index contributed by atoms with van der Waals surface area (Å²) >= 11 is 0. The van der Waals surface area contributed by atoms with Crippen LogP contribution in [0.15, 0.2) is 54.6 Å². The summed E-state index contributed by atoms with van der Waals surface area (Å²) in [7, 11) is 1.56. The van der Waals surface area contributed by atoms with Crippen LogP contribution in [0.25, 0.3) is 0 Å². The third-order valence-corrected chi connectivity index (χ3v) is 4.48. The molecule has 3 rings (SSSR count). The smallest absolute Gasteiger partial charge is 0.257 e. The van der Waals surface area contributed by atoms with Gasteiger partial charge >= 0.3 is 0 Å². The highest BCUT2D eigenvalue weighted by molar-refractivity contribution is 6.05. The van der Waals surface area contributed by atoms with E-state index in [1.807, 2.05) is 42.2 Å². The van der Waals surface area contributed by atoms with Crippen LogP contribution in [0.3, 0.4) is 0 Å². The van der Waals surface area contributed by atoms with Crippen LogP contribution in [-0.4, -0.2) is 49.6 Å². The Labute approximate surface area is 159 Å². The van der Waals surface area contributed by atoms with Crippen molar-refractivity contribution in [3.63, 3.8) is 0 Å². The van der Waals surface area contributed by atoms with Crippen molar-refractivity contribution in [2.45, 2.75) is 19.1 Å². The summed E-state index contributed by atoms with van der Waals surface area (Å²) in [5.74, 6) is -0.0764. The van der Waals surface area contributed by atoms with Gasteiger partial charge in [-0.3, -0.25) is 19.8 Å². The average Bonchev–Trinajstić information content (AvgIpc) is 2.68. The third kappa shape index (κ3) is 5.15. The normalized spacial score (nSPS) is 20.1. The maximum atomic E-state index is 12.3. The Kier molecular flexibility index (Phi) is 6.21. The minimum Gasteiger partial charge on any atom is -0.497 e. The molecule has 1 heterocycles. The molecule has 0 aromatic heterocycles. The van der Waals surface area contributed by atoms with Crippen LogP contribution in [0.2, 0.25) is 0 Å². The van der Waals surface area contributed by atoms with Crippen LogP contribution in [-0.2, 0) is 9.53 Å². The van der Waals surface area contributed by atoms with Gasteiger partial charge < -0.3 is 9.47 Å². The summed E-state index contributed by atoms with van der Waals surface area (Å²) in [5.41, 5.74) is 1.51. The van der Waals surface area contributed by atoms with Gasteiger partial charge in [0.25, 0.3) is 5.91 Å². The standard InChI is InChI=1S/C21H24N2O4/c1-15-12-23(13-19(27-15)16-6-4-3-5-7-16)14-20(24)22-21(25)17-8-10-18(26-2)11-9-17/h3-11,15,19H,12-14H2,1-2H3,(H,22,24,25). The molecule has 0 radical (unpaired) electrons. The predicted octanol–water partition coefficient (Wildman–Crippen LogP) is 2.41. The molecule has 1 aliphatic heterocycles. The fourth-order valence-corrected chi connectivity index (χ4v) is 3.20. The van der Waals surface area contributed by atoms with E-state index in [2.05, 4.69) is 5.32 Å². The number of amides is 2. The predicted molar refractivity (Wildman–Crippen MR) is 102 cm³/mol. The second kappa shape index (κ2) is 8.79. The zero-order valence-electron chi connectivity index (χ0n) is 15.6. The lowest BCUT2D eigenvalue weighted by Gasteiger charge is -2.36. The maximum Gasteiger partial charge on any atom is 0.257 e. The molecule has 0 spiro atoms. The molecule has 6 nitrogen and oxygen atoms in total. The number of imide groups is 1. The van der Waals surface area contributed by atoms with Crippen molar-refractivity contribution in [2.75, 3.05) is 26.7 Å². The van der Waals surface area contributed by atoms with Gasteiger partial charge in [-0.15, -0.1) is 0 Å². The van der Waals surface area contributed by atoms with E-state index in [9.17, 15) is 9.59 Å². The van der Waals surface area contributed by atoms with Gasteiger partial charge in [-0.25, -0.2) is 0 Å². The van der Waals surface area contributed by atoms with E-state index in [1.165, 1.54) is 0 Å². The van der Waals surface area contributed by atoms with Crippen LogP contribution in [0.1, 0.15) is 28.9 Å². The molecule has 0 saturated carbocycles. The molecule has 0 aliphatic carbocycles. The molecule has 2 aromatic rings. The van der Waals surface area contributed by atoms with E-state index < -0.39 is 5.91 Å². The van der Waals surface area contributed by atoms with Crippen LogP contribution < -0.4 is 10.1 Å². The molecule has 0 bridgehead atoms. The zero-order valence-corrected chi connectivity index (χ0v) is 15.6. The quantitative estimate of drug-likeness (QED) is 0.878. The SMILES string of the molecule is COc1ccc(C(=O)NC(=O)CN2CC(C)OC(c3ccccc3)C2)cc1. The number of morpholine rings is 1. The van der Waals surface area contributed by atoms with E-state index in [-0.39, 0.29) is 24.7 Å². The van der Waals surface area contributed by atoms with Crippen molar-refractivity contribution >= 4 is 11.8 Å². The molecule has 2 unspecified atom stereocenters. The van der Waals surface area contributed by atoms with E-state index in [4.69, 9.17) is 9.47 Å². The highest BCUT2D eigenvalue weighted by Crippen LogP contribution is 2.24. The first kappa shape index (κ1) is 19.1. The molecule has 2 amide bonds. The van der Waals surface area contributed by atoms with Crippen molar-refractivity contribution < 1.29 is 19.1 Å². The first-order chi connectivity index (χ1) is 13.0. The molecular weight excluding hydrogens is 344 g/mol. The first-order valence-electron chi connectivity index (χ1n) is 8.96. The molecule has 27 heavy (non-hydrogen) atoms. The van der Waals surface area contributed by atoms with Gasteiger partial charge in [0, 0.05) is 18.7 Å². The molecule has 1 aliphatic rings. The lowest BCUT2D eigenvalue weighted by atomic mass is 10.1. The number of carbonyl (C=O) groups excluding carboxylic acids is 2. The monoisotopic (exact) mass is 368 g/mol. The molecule has 142 valence electrons. The lowest BCUT2D eigenvalue weighted by Crippen LogP contribution is -2.48. The highest BCUT2D eigenvalue weighted by Gasteiger charge is 2.27. The van der Waals surface area contributed by atoms with Gasteiger partial charge in [0.2, 0.25) is 5.91 Å². The summed E-state index contributed by atoms with van der Waals surface area (Å²) < 4.78 is 11.1. The van der Waals surface area contributed by atoms with Gasteiger partial charge in [-0.1, -0.05) is 30.3 Å². The molecule has 1 saturated heterocycles. The molecular formula is C21H24N2O4. The number of carbonyl (C=O) groups is 2. The van der Waals surface area contributed by atoms with Crippen LogP contribution in [0.4, 0.5) is 0 Å². The van der Waals surface area contributed by atoms with Crippen LogP contribution in [0, 0.1) is 0 Å². The van der Waals surface area contributed by atoms with Crippen molar-refractivity contribution in [3.8, 4) is 5.75 Å². The topological polar surface area (TPSA) is 67.9 Å². The fourth-order valence-electron chi connectivity index (χ4n) is 3.20. The second-order valence-electron chi connectivity index (χ2n) is 6.65. The summed E-state index contributed by atoms with van der Waals surface area (Å²) in [4.78, 5) is 26.6. The zero-order chi connectivity index (χ0) is 19.2. The maximum absolute atomic E-state index is 12.3. The summed E-state index contributed by atoms with van der Waals surface area (Å²) in [6, 6.07) is 16.6. The first-order valence-corrected chi connectivity index (χ1v) is 8.96. The fraction of sp³-hybridized carbons (Fsp3) is 0.333. The number of hydrogen-bond acceptors (Lipinski definition) is 5. The Morgan fingerprint density at radius 1 is 1.11 bits per heavy atom. The van der Waals surface area contributed by atoms with Crippen molar-refractivity contribution in [1.29, 1.82) is 0 Å². The van der Waals surface area contributed by atoms with Gasteiger partial charge in [0.1, 0.15) is 5.75 Å². The Bertz CT molecular complexity index is 777. The molecule has 1 N–H and O–H groups in total. The van der Waals surface area contributed by atoms with Crippen molar-refractivity contribution in [3.05, 3.63) is 65.7 Å². The van der Waals surface area contributed by atoms with E-state index >= 15 is 0 Å². The van der Waals surface area contributed by atoms with Crippen LogP contribution >= 0.6 is 0 Å². The summed E-state index contributed by atoms with van der Waals surface area (Å²) in [5, 5.41) is 2.45. The van der Waals surface area contributed by atoms with Gasteiger partial charge in [-0.2, -0.15) is 0 Å². The minimum atomic E-state index is -0.413. The average molecular weight is 368 g/mol.